The number of nitrogens with zero attached hydrogens (tertiary/aromatic N) is 1. The monoisotopic (exact) mass is 521 g/mol. The fourth-order valence-electron chi connectivity index (χ4n) is 6.53. The topological polar surface area (TPSA) is 98.7 Å². The Morgan fingerprint density at radius 2 is 1.76 bits per heavy atom. The Labute approximate surface area is 222 Å². The van der Waals surface area contributed by atoms with Gasteiger partial charge in [-0.25, -0.2) is 0 Å². The summed E-state index contributed by atoms with van der Waals surface area (Å²) < 4.78 is -0.675. The van der Waals surface area contributed by atoms with Gasteiger partial charge in [-0.2, -0.15) is 0 Å². The van der Waals surface area contributed by atoms with Crippen molar-refractivity contribution in [3.63, 3.8) is 0 Å². The van der Waals surface area contributed by atoms with E-state index in [0.29, 0.717) is 25.1 Å². The highest BCUT2D eigenvalue weighted by atomic mass is 32.2. The molecule has 5 rings (SSSR count). The zero-order valence-electron chi connectivity index (χ0n) is 21.3. The summed E-state index contributed by atoms with van der Waals surface area (Å²) in [6.45, 7) is 4.23. The molecule has 3 N–H and O–H groups in total. The van der Waals surface area contributed by atoms with Gasteiger partial charge in [0.15, 0.2) is 0 Å². The molecular weight excluding hydrogens is 486 g/mol. The van der Waals surface area contributed by atoms with E-state index in [9.17, 15) is 19.5 Å². The Bertz CT molecular complexity index is 1140. The predicted octanol–water partition coefficient (Wildman–Crippen LogP) is 3.44. The number of para-hydroxylation sites is 1. The van der Waals surface area contributed by atoms with E-state index in [1.54, 1.807) is 16.7 Å². The van der Waals surface area contributed by atoms with Crippen molar-refractivity contribution in [2.45, 2.75) is 61.7 Å². The molecule has 3 fully saturated rings. The summed E-state index contributed by atoms with van der Waals surface area (Å²) in [7, 11) is 0. The predicted molar refractivity (Wildman–Crippen MR) is 145 cm³/mol. The van der Waals surface area contributed by atoms with Crippen molar-refractivity contribution in [2.24, 2.45) is 17.8 Å². The molecule has 3 heterocycles. The summed E-state index contributed by atoms with van der Waals surface area (Å²) in [6.07, 6.45) is 2.07. The second-order valence-electron chi connectivity index (χ2n) is 10.8. The number of carbonyl (C=O) groups is 3. The number of amides is 3. The fourth-order valence-corrected chi connectivity index (χ4v) is 8.74. The summed E-state index contributed by atoms with van der Waals surface area (Å²) in [4.78, 5) is 43.2. The van der Waals surface area contributed by atoms with E-state index in [1.807, 2.05) is 74.5 Å². The van der Waals surface area contributed by atoms with Gasteiger partial charge in [0.2, 0.25) is 17.7 Å². The van der Waals surface area contributed by atoms with E-state index in [0.717, 1.165) is 12.0 Å². The largest absolute Gasteiger partial charge is 0.394 e. The maximum atomic E-state index is 14.2. The smallest absolute Gasteiger partial charge is 0.244 e. The zero-order valence-corrected chi connectivity index (χ0v) is 22.1. The average Bonchev–Trinajstić information content (AvgIpc) is 3.54. The SMILES string of the molecule is CC(C)C[C@H](CO)N1C(=O)[C@@H]2[C@@H](C(=O)Nc3ccccc3)[C@H]3CCC2(S3)C1C(=O)NCc1ccccc1. The standard InChI is InChI=1S/C29H35N3O4S/c1-18(2)15-21(17-33)32-25(27(35)30-16-19-9-5-3-6-10-19)29-14-13-22(37-29)23(24(29)28(32)36)26(34)31-20-11-7-4-8-12-20/h3-12,18,21-25,33H,13-17H2,1-2H3,(H,30,35)(H,31,34)/t21-,22-,23+,24+,25?,29?/m1/s1. The molecule has 6 atom stereocenters. The zero-order chi connectivity index (χ0) is 26.2. The maximum absolute atomic E-state index is 14.2. The molecule has 0 aromatic heterocycles. The number of thioether (sulfide) groups is 1. The van der Waals surface area contributed by atoms with Gasteiger partial charge < -0.3 is 20.6 Å². The minimum Gasteiger partial charge on any atom is -0.394 e. The molecule has 2 aromatic rings. The van der Waals surface area contributed by atoms with Gasteiger partial charge in [-0.05, 0) is 42.9 Å². The highest BCUT2D eigenvalue weighted by molar-refractivity contribution is 8.02. The van der Waals surface area contributed by atoms with Crippen LogP contribution in [0.5, 0.6) is 0 Å². The molecule has 8 heteroatoms. The van der Waals surface area contributed by atoms with E-state index in [1.165, 1.54) is 0 Å². The first-order chi connectivity index (χ1) is 17.9. The minimum absolute atomic E-state index is 0.0121. The summed E-state index contributed by atoms with van der Waals surface area (Å²) in [5.41, 5.74) is 1.67. The van der Waals surface area contributed by atoms with E-state index < -0.39 is 28.7 Å². The molecule has 7 nitrogen and oxygen atoms in total. The third-order valence-corrected chi connectivity index (χ3v) is 9.94. The molecule has 0 aliphatic carbocycles. The van der Waals surface area contributed by atoms with Crippen LogP contribution >= 0.6 is 11.8 Å². The van der Waals surface area contributed by atoms with Gasteiger partial charge in [0.05, 0.1) is 29.2 Å². The molecule has 196 valence electrons. The number of nitrogens with one attached hydrogen (secondary N) is 2. The molecule has 2 bridgehead atoms. The molecule has 0 saturated carbocycles. The Balaban J connectivity index is 1.47. The summed E-state index contributed by atoms with van der Waals surface area (Å²) >= 11 is 1.64. The lowest BCUT2D eigenvalue weighted by Gasteiger charge is -2.37. The summed E-state index contributed by atoms with van der Waals surface area (Å²) in [6, 6.07) is 17.8. The van der Waals surface area contributed by atoms with Gasteiger partial charge in [0.25, 0.3) is 0 Å². The molecule has 1 spiro atoms. The fraction of sp³-hybridized carbons (Fsp3) is 0.483. The van der Waals surface area contributed by atoms with Crippen molar-refractivity contribution in [2.75, 3.05) is 11.9 Å². The van der Waals surface area contributed by atoms with Crippen LogP contribution < -0.4 is 10.6 Å². The first kappa shape index (κ1) is 25.8. The number of hydrogen-bond donors (Lipinski definition) is 3. The van der Waals surface area contributed by atoms with Gasteiger partial charge in [-0.3, -0.25) is 14.4 Å². The number of aliphatic hydroxyl groups excluding tert-OH is 1. The van der Waals surface area contributed by atoms with Crippen molar-refractivity contribution in [1.29, 1.82) is 0 Å². The first-order valence-corrected chi connectivity index (χ1v) is 14.0. The molecule has 2 aromatic carbocycles. The lowest BCUT2D eigenvalue weighted by molar-refractivity contribution is -0.142. The Morgan fingerprint density at radius 1 is 1.08 bits per heavy atom. The van der Waals surface area contributed by atoms with Gasteiger partial charge in [-0.15, -0.1) is 11.8 Å². The van der Waals surface area contributed by atoms with Crippen LogP contribution in [0.15, 0.2) is 60.7 Å². The van der Waals surface area contributed by atoms with Crippen molar-refractivity contribution in [3.8, 4) is 0 Å². The van der Waals surface area contributed by atoms with Crippen LogP contribution in [0, 0.1) is 17.8 Å². The van der Waals surface area contributed by atoms with Gasteiger partial charge in [0.1, 0.15) is 6.04 Å². The number of likely N-dealkylation sites (tertiary alicyclic amines) is 1. The summed E-state index contributed by atoms with van der Waals surface area (Å²) in [5, 5.41) is 16.4. The highest BCUT2D eigenvalue weighted by Gasteiger charge is 2.74. The molecule has 0 radical (unpaired) electrons. The number of aliphatic hydroxyl groups is 1. The van der Waals surface area contributed by atoms with Crippen LogP contribution in [0.3, 0.4) is 0 Å². The van der Waals surface area contributed by atoms with Crippen molar-refractivity contribution >= 4 is 35.2 Å². The van der Waals surface area contributed by atoms with Crippen LogP contribution in [-0.2, 0) is 20.9 Å². The number of hydrogen-bond acceptors (Lipinski definition) is 5. The Morgan fingerprint density at radius 3 is 2.41 bits per heavy atom. The van der Waals surface area contributed by atoms with Crippen LogP contribution in [0.4, 0.5) is 5.69 Å². The second kappa shape index (κ2) is 10.5. The molecule has 3 saturated heterocycles. The van der Waals surface area contributed by atoms with Gasteiger partial charge in [0, 0.05) is 17.5 Å². The quantitative estimate of drug-likeness (QED) is 0.470. The molecule has 2 unspecified atom stereocenters. The number of benzene rings is 2. The Hall–Kier alpha value is -2.84. The summed E-state index contributed by atoms with van der Waals surface area (Å²) in [5.74, 6) is -1.43. The number of anilines is 1. The van der Waals surface area contributed by atoms with E-state index >= 15 is 0 Å². The third kappa shape index (κ3) is 4.66. The van der Waals surface area contributed by atoms with Crippen LogP contribution in [-0.4, -0.2) is 56.4 Å². The van der Waals surface area contributed by atoms with Crippen LogP contribution in [0.1, 0.15) is 38.7 Å². The second-order valence-corrected chi connectivity index (χ2v) is 12.4. The lowest BCUT2D eigenvalue weighted by atomic mass is 9.70. The van der Waals surface area contributed by atoms with Crippen LogP contribution in [0.25, 0.3) is 0 Å². The average molecular weight is 522 g/mol. The lowest BCUT2D eigenvalue weighted by Crippen LogP contribution is -2.56. The Kier molecular flexibility index (Phi) is 7.32. The van der Waals surface area contributed by atoms with E-state index in [4.69, 9.17) is 0 Å². The maximum Gasteiger partial charge on any atom is 0.244 e. The van der Waals surface area contributed by atoms with Crippen LogP contribution in [0.2, 0.25) is 0 Å². The van der Waals surface area contributed by atoms with Gasteiger partial charge >= 0.3 is 0 Å². The van der Waals surface area contributed by atoms with Gasteiger partial charge in [-0.1, -0.05) is 62.4 Å². The van der Waals surface area contributed by atoms with E-state index in [-0.39, 0.29) is 35.5 Å². The molecular formula is C29H35N3O4S. The molecule has 3 aliphatic rings. The third-order valence-electron chi connectivity index (χ3n) is 7.99. The van der Waals surface area contributed by atoms with Crippen molar-refractivity contribution in [1.82, 2.24) is 10.2 Å². The number of fused-ring (bicyclic) bond motifs is 1. The van der Waals surface area contributed by atoms with Crippen molar-refractivity contribution in [3.05, 3.63) is 66.2 Å². The molecule has 3 aliphatic heterocycles. The number of carbonyl (C=O) groups excluding carboxylic acids is 3. The molecule has 3 amide bonds. The highest BCUT2D eigenvalue weighted by Crippen LogP contribution is 2.66. The van der Waals surface area contributed by atoms with Crippen molar-refractivity contribution < 1.29 is 19.5 Å². The molecule has 37 heavy (non-hydrogen) atoms. The minimum atomic E-state index is -0.728. The first-order valence-electron chi connectivity index (χ1n) is 13.1. The number of rotatable bonds is 9. The van der Waals surface area contributed by atoms with E-state index in [2.05, 4.69) is 10.6 Å². The normalized spacial score (nSPS) is 28.9.